The summed E-state index contributed by atoms with van der Waals surface area (Å²) in [5, 5.41) is 0. The zero-order chi connectivity index (χ0) is 14.5. The number of carbonyl (C=O) groups excluding carboxylic acids is 1. The van der Waals surface area contributed by atoms with Crippen molar-refractivity contribution in [2.45, 2.75) is 26.7 Å². The lowest BCUT2D eigenvalue weighted by Gasteiger charge is -2.20. The summed E-state index contributed by atoms with van der Waals surface area (Å²) >= 11 is 3.50. The topological polar surface area (TPSA) is 29.5 Å². The van der Waals surface area contributed by atoms with Gasteiger partial charge in [0.1, 0.15) is 0 Å². The average molecular weight is 338 g/mol. The maximum absolute atomic E-state index is 11.7. The van der Waals surface area contributed by atoms with Crippen molar-refractivity contribution in [1.82, 2.24) is 0 Å². The lowest BCUT2D eigenvalue weighted by atomic mass is 10.1. The molecule has 0 amide bonds. The third-order valence-corrected chi connectivity index (χ3v) is 3.90. The summed E-state index contributed by atoms with van der Waals surface area (Å²) in [5.74, 6) is -0.250. The smallest absolute Gasteiger partial charge is 0.333 e. The number of halogens is 1. The minimum atomic E-state index is -0.250. The minimum Gasteiger partial charge on any atom is -0.463 e. The first-order valence-electron chi connectivity index (χ1n) is 7.01. The normalized spacial score (nSPS) is 15.6. The van der Waals surface area contributed by atoms with E-state index in [0.717, 1.165) is 23.1 Å². The highest BCUT2D eigenvalue weighted by Gasteiger charge is 2.16. The molecule has 1 saturated heterocycles. The number of esters is 1. The van der Waals surface area contributed by atoms with Crippen molar-refractivity contribution >= 4 is 33.7 Å². The lowest BCUT2D eigenvalue weighted by Crippen LogP contribution is -2.18. The van der Waals surface area contributed by atoms with Gasteiger partial charge in [-0.05, 0) is 56.5 Å². The molecule has 20 heavy (non-hydrogen) atoms. The second-order valence-electron chi connectivity index (χ2n) is 4.95. The van der Waals surface area contributed by atoms with Gasteiger partial charge in [0.15, 0.2) is 0 Å². The van der Waals surface area contributed by atoms with E-state index in [1.165, 1.54) is 18.5 Å². The quantitative estimate of drug-likeness (QED) is 0.614. The molecule has 2 rings (SSSR count). The van der Waals surface area contributed by atoms with Gasteiger partial charge in [-0.3, -0.25) is 0 Å². The summed E-state index contributed by atoms with van der Waals surface area (Å²) in [6.45, 7) is 6.19. The van der Waals surface area contributed by atoms with Crippen LogP contribution in [-0.2, 0) is 9.53 Å². The molecule has 0 atom stereocenters. The predicted octanol–water partition coefficient (Wildman–Crippen LogP) is 4.02. The number of anilines is 1. The molecule has 1 fully saturated rings. The Morgan fingerprint density at radius 1 is 1.40 bits per heavy atom. The molecule has 0 aromatic heterocycles. The Bertz CT molecular complexity index is 519. The number of hydrogen-bond acceptors (Lipinski definition) is 3. The first-order chi connectivity index (χ1) is 9.61. The Balaban J connectivity index is 2.31. The van der Waals surface area contributed by atoms with Crippen LogP contribution < -0.4 is 4.90 Å². The standard InChI is InChI=1S/C16H20BrNO2/c1-3-20-16(19)12(2)10-13-11-14(17)6-7-15(13)18-8-4-5-9-18/h6-7,10-11H,3-5,8-9H2,1-2H3/b12-10+. The van der Waals surface area contributed by atoms with E-state index >= 15 is 0 Å². The van der Waals surface area contributed by atoms with E-state index < -0.39 is 0 Å². The van der Waals surface area contributed by atoms with E-state index in [0.29, 0.717) is 12.2 Å². The van der Waals surface area contributed by atoms with Gasteiger partial charge in [-0.1, -0.05) is 15.9 Å². The second kappa shape index (κ2) is 6.93. The number of carbonyl (C=O) groups is 1. The Hall–Kier alpha value is -1.29. The highest BCUT2D eigenvalue weighted by atomic mass is 79.9. The predicted molar refractivity (Wildman–Crippen MR) is 85.9 cm³/mol. The van der Waals surface area contributed by atoms with Gasteiger partial charge in [-0.25, -0.2) is 4.79 Å². The van der Waals surface area contributed by atoms with Gasteiger partial charge in [0.05, 0.1) is 6.61 Å². The van der Waals surface area contributed by atoms with Crippen molar-refractivity contribution in [3.05, 3.63) is 33.8 Å². The first-order valence-corrected chi connectivity index (χ1v) is 7.81. The molecule has 1 heterocycles. The molecule has 1 aromatic rings. The van der Waals surface area contributed by atoms with Gasteiger partial charge in [-0.2, -0.15) is 0 Å². The fraction of sp³-hybridized carbons (Fsp3) is 0.438. The molecule has 0 N–H and O–H groups in total. The Morgan fingerprint density at radius 3 is 2.75 bits per heavy atom. The van der Waals surface area contributed by atoms with E-state index in [9.17, 15) is 4.79 Å². The molecule has 0 saturated carbocycles. The minimum absolute atomic E-state index is 0.250. The third-order valence-electron chi connectivity index (χ3n) is 3.41. The molecule has 0 aliphatic carbocycles. The van der Waals surface area contributed by atoms with E-state index in [-0.39, 0.29) is 5.97 Å². The van der Waals surface area contributed by atoms with Crippen LogP contribution in [0.5, 0.6) is 0 Å². The Kier molecular flexibility index (Phi) is 5.24. The molecule has 1 aliphatic heterocycles. The summed E-state index contributed by atoms with van der Waals surface area (Å²) < 4.78 is 6.06. The molecular formula is C16H20BrNO2. The monoisotopic (exact) mass is 337 g/mol. The molecular weight excluding hydrogens is 318 g/mol. The maximum atomic E-state index is 11.7. The van der Waals surface area contributed by atoms with Crippen molar-refractivity contribution in [2.75, 3.05) is 24.6 Å². The number of benzene rings is 1. The van der Waals surface area contributed by atoms with Crippen molar-refractivity contribution in [3.63, 3.8) is 0 Å². The van der Waals surface area contributed by atoms with Gasteiger partial charge in [0, 0.05) is 28.8 Å². The Labute approximate surface area is 128 Å². The number of nitrogens with zero attached hydrogens (tertiary/aromatic N) is 1. The highest BCUT2D eigenvalue weighted by Crippen LogP contribution is 2.29. The van der Waals surface area contributed by atoms with Crippen LogP contribution >= 0.6 is 15.9 Å². The summed E-state index contributed by atoms with van der Waals surface area (Å²) in [4.78, 5) is 14.1. The summed E-state index contributed by atoms with van der Waals surface area (Å²) in [7, 11) is 0. The van der Waals surface area contributed by atoms with Crippen LogP contribution in [0.15, 0.2) is 28.2 Å². The van der Waals surface area contributed by atoms with Crippen LogP contribution in [0.3, 0.4) is 0 Å². The van der Waals surface area contributed by atoms with Crippen molar-refractivity contribution < 1.29 is 9.53 Å². The van der Waals surface area contributed by atoms with Crippen molar-refractivity contribution in [1.29, 1.82) is 0 Å². The van der Waals surface area contributed by atoms with Gasteiger partial charge in [-0.15, -0.1) is 0 Å². The molecule has 0 spiro atoms. The van der Waals surface area contributed by atoms with Crippen LogP contribution in [0, 0.1) is 0 Å². The zero-order valence-electron chi connectivity index (χ0n) is 12.0. The van der Waals surface area contributed by atoms with Gasteiger partial charge in [0.2, 0.25) is 0 Å². The number of rotatable bonds is 4. The SMILES string of the molecule is CCOC(=O)/C(C)=C/c1cc(Br)ccc1N1CCCC1. The van der Waals surface area contributed by atoms with Crippen LogP contribution in [0.1, 0.15) is 32.3 Å². The highest BCUT2D eigenvalue weighted by molar-refractivity contribution is 9.10. The molecule has 3 nitrogen and oxygen atoms in total. The first kappa shape index (κ1) is 15.1. The summed E-state index contributed by atoms with van der Waals surface area (Å²) in [6.07, 6.45) is 4.38. The van der Waals surface area contributed by atoms with Crippen molar-refractivity contribution in [2.24, 2.45) is 0 Å². The summed E-state index contributed by atoms with van der Waals surface area (Å²) in [6, 6.07) is 6.21. The molecule has 108 valence electrons. The average Bonchev–Trinajstić information content (AvgIpc) is 2.93. The van der Waals surface area contributed by atoms with E-state index in [1.54, 1.807) is 6.92 Å². The second-order valence-corrected chi connectivity index (χ2v) is 5.86. The van der Waals surface area contributed by atoms with Crippen LogP contribution in [0.25, 0.3) is 6.08 Å². The van der Waals surface area contributed by atoms with E-state index in [2.05, 4.69) is 33.0 Å². The van der Waals surface area contributed by atoms with Crippen LogP contribution in [-0.4, -0.2) is 25.7 Å². The molecule has 1 aliphatic rings. The Morgan fingerprint density at radius 2 is 2.10 bits per heavy atom. The molecule has 0 unspecified atom stereocenters. The van der Waals surface area contributed by atoms with E-state index in [4.69, 9.17) is 4.74 Å². The molecule has 0 bridgehead atoms. The van der Waals surface area contributed by atoms with Gasteiger partial charge in [0.25, 0.3) is 0 Å². The van der Waals surface area contributed by atoms with Crippen LogP contribution in [0.4, 0.5) is 5.69 Å². The third kappa shape index (κ3) is 3.63. The van der Waals surface area contributed by atoms with Gasteiger partial charge < -0.3 is 9.64 Å². The number of hydrogen-bond donors (Lipinski definition) is 0. The van der Waals surface area contributed by atoms with Gasteiger partial charge >= 0.3 is 5.97 Å². The lowest BCUT2D eigenvalue weighted by molar-refractivity contribution is -0.138. The molecule has 4 heteroatoms. The zero-order valence-corrected chi connectivity index (χ0v) is 13.6. The van der Waals surface area contributed by atoms with Crippen LogP contribution in [0.2, 0.25) is 0 Å². The summed E-state index contributed by atoms with van der Waals surface area (Å²) in [5.41, 5.74) is 2.88. The van der Waals surface area contributed by atoms with E-state index in [1.807, 2.05) is 19.1 Å². The number of ether oxygens (including phenoxy) is 1. The van der Waals surface area contributed by atoms with Crippen molar-refractivity contribution in [3.8, 4) is 0 Å². The molecule has 0 radical (unpaired) electrons. The fourth-order valence-corrected chi connectivity index (χ4v) is 2.80. The fourth-order valence-electron chi connectivity index (χ4n) is 2.42. The largest absolute Gasteiger partial charge is 0.463 e. The molecule has 1 aromatic carbocycles. The maximum Gasteiger partial charge on any atom is 0.333 e.